The van der Waals surface area contributed by atoms with Crippen molar-refractivity contribution in [3.63, 3.8) is 0 Å². The Morgan fingerprint density at radius 3 is 2.88 bits per heavy atom. The van der Waals surface area contributed by atoms with Gasteiger partial charge in [0, 0.05) is 6.20 Å². The van der Waals surface area contributed by atoms with Crippen molar-refractivity contribution in [2.24, 2.45) is 0 Å². The number of nitrogens with zero attached hydrogens (tertiary/aromatic N) is 1. The number of amides is 1. The van der Waals surface area contributed by atoms with Crippen LogP contribution in [-0.2, 0) is 0 Å². The minimum Gasteiger partial charge on any atom is -0.338 e. The summed E-state index contributed by atoms with van der Waals surface area (Å²) in [5.74, 6) is 2.22. The fourth-order valence-electron chi connectivity index (χ4n) is 1.27. The first-order valence-corrected chi connectivity index (χ1v) is 5.92. The van der Waals surface area contributed by atoms with Crippen molar-refractivity contribution in [1.29, 1.82) is 0 Å². The highest BCUT2D eigenvalue weighted by molar-refractivity contribution is 6.41. The topological polar surface area (TPSA) is 42.0 Å². The van der Waals surface area contributed by atoms with Gasteiger partial charge in [0.05, 0.1) is 16.6 Å². The van der Waals surface area contributed by atoms with Gasteiger partial charge in [-0.15, -0.1) is 6.42 Å². The highest BCUT2D eigenvalue weighted by Crippen LogP contribution is 2.19. The van der Waals surface area contributed by atoms with Crippen molar-refractivity contribution in [3.05, 3.63) is 28.0 Å². The van der Waals surface area contributed by atoms with Crippen molar-refractivity contribution >= 4 is 29.1 Å². The zero-order chi connectivity index (χ0) is 12.8. The van der Waals surface area contributed by atoms with Crippen LogP contribution < -0.4 is 5.32 Å². The molecule has 90 valence electrons. The molecule has 0 aromatic carbocycles. The minimum atomic E-state index is -0.299. The number of rotatable bonds is 4. The van der Waals surface area contributed by atoms with E-state index in [0.29, 0.717) is 5.56 Å². The smallest absolute Gasteiger partial charge is 0.253 e. The number of pyridine rings is 1. The molecule has 17 heavy (non-hydrogen) atoms. The summed E-state index contributed by atoms with van der Waals surface area (Å²) in [4.78, 5) is 15.6. The van der Waals surface area contributed by atoms with E-state index >= 15 is 0 Å². The molecule has 1 aromatic heterocycles. The molecule has 0 fully saturated rings. The molecular formula is C12H12Cl2N2O. The molecule has 1 atom stereocenters. The second kappa shape index (κ2) is 6.48. The van der Waals surface area contributed by atoms with Crippen LogP contribution in [0.4, 0.5) is 0 Å². The van der Waals surface area contributed by atoms with Gasteiger partial charge in [0.25, 0.3) is 5.91 Å². The van der Waals surface area contributed by atoms with E-state index < -0.39 is 0 Å². The lowest BCUT2D eigenvalue weighted by atomic mass is 10.1. The van der Waals surface area contributed by atoms with Crippen LogP contribution in [0.5, 0.6) is 0 Å². The highest BCUT2D eigenvalue weighted by Gasteiger charge is 2.12. The van der Waals surface area contributed by atoms with E-state index in [1.54, 1.807) is 0 Å². The maximum Gasteiger partial charge on any atom is 0.253 e. The standard InChI is InChI=1S/C12H12Cl2N2O/c1-3-5-9(4-2)16-12(17)8-6-10(13)11(14)15-7-8/h2,6-7,9H,3,5H2,1H3,(H,16,17). The molecule has 5 heteroatoms. The van der Waals surface area contributed by atoms with Crippen LogP contribution in [0.25, 0.3) is 0 Å². The van der Waals surface area contributed by atoms with Crippen molar-refractivity contribution in [3.8, 4) is 12.3 Å². The molecule has 0 spiro atoms. The third kappa shape index (κ3) is 3.92. The van der Waals surface area contributed by atoms with Gasteiger partial charge in [-0.3, -0.25) is 4.79 Å². The summed E-state index contributed by atoms with van der Waals surface area (Å²) in [6.45, 7) is 2.00. The normalized spacial score (nSPS) is 11.6. The Morgan fingerprint density at radius 1 is 1.65 bits per heavy atom. The summed E-state index contributed by atoms with van der Waals surface area (Å²) >= 11 is 11.4. The molecule has 0 radical (unpaired) electrons. The number of halogens is 2. The zero-order valence-electron chi connectivity index (χ0n) is 9.34. The number of nitrogens with one attached hydrogen (secondary N) is 1. The summed E-state index contributed by atoms with van der Waals surface area (Å²) < 4.78 is 0. The predicted molar refractivity (Wildman–Crippen MR) is 69.3 cm³/mol. The van der Waals surface area contributed by atoms with Crippen LogP contribution in [-0.4, -0.2) is 16.9 Å². The molecule has 0 saturated heterocycles. The first-order chi connectivity index (χ1) is 8.08. The van der Waals surface area contributed by atoms with Crippen molar-refractivity contribution < 1.29 is 4.79 Å². The lowest BCUT2D eigenvalue weighted by molar-refractivity contribution is 0.0944. The van der Waals surface area contributed by atoms with E-state index in [1.807, 2.05) is 6.92 Å². The van der Waals surface area contributed by atoms with Crippen molar-refractivity contribution in [2.45, 2.75) is 25.8 Å². The molecule has 1 unspecified atom stereocenters. The van der Waals surface area contributed by atoms with E-state index in [2.05, 4.69) is 16.2 Å². The number of carbonyl (C=O) groups excluding carboxylic acids is 1. The first-order valence-electron chi connectivity index (χ1n) is 5.16. The molecule has 1 heterocycles. The van der Waals surface area contributed by atoms with Crippen LogP contribution in [0.15, 0.2) is 12.3 Å². The van der Waals surface area contributed by atoms with Gasteiger partial charge in [-0.25, -0.2) is 4.98 Å². The quantitative estimate of drug-likeness (QED) is 0.675. The average Bonchev–Trinajstić information content (AvgIpc) is 2.31. The minimum absolute atomic E-state index is 0.172. The maximum absolute atomic E-state index is 11.8. The fraction of sp³-hybridized carbons (Fsp3) is 0.333. The van der Waals surface area contributed by atoms with Crippen molar-refractivity contribution in [2.75, 3.05) is 0 Å². The van der Waals surface area contributed by atoms with Crippen LogP contribution >= 0.6 is 23.2 Å². The Balaban J connectivity index is 2.76. The van der Waals surface area contributed by atoms with E-state index in [-0.39, 0.29) is 22.1 Å². The fourth-order valence-corrected chi connectivity index (χ4v) is 1.54. The average molecular weight is 271 g/mol. The Morgan fingerprint density at radius 2 is 2.35 bits per heavy atom. The van der Waals surface area contributed by atoms with Gasteiger partial charge in [0.15, 0.2) is 0 Å². The number of hydrogen-bond acceptors (Lipinski definition) is 2. The highest BCUT2D eigenvalue weighted by atomic mass is 35.5. The van der Waals surface area contributed by atoms with Gasteiger partial charge in [-0.1, -0.05) is 42.5 Å². The Hall–Kier alpha value is -1.24. The van der Waals surface area contributed by atoms with Gasteiger partial charge in [0.2, 0.25) is 0 Å². The maximum atomic E-state index is 11.8. The van der Waals surface area contributed by atoms with Gasteiger partial charge < -0.3 is 5.32 Å². The lowest BCUT2D eigenvalue weighted by Crippen LogP contribution is -2.33. The molecule has 0 aliphatic rings. The molecule has 3 nitrogen and oxygen atoms in total. The zero-order valence-corrected chi connectivity index (χ0v) is 10.8. The second-order valence-corrected chi connectivity index (χ2v) is 4.24. The van der Waals surface area contributed by atoms with Gasteiger partial charge in [-0.2, -0.15) is 0 Å². The van der Waals surface area contributed by atoms with E-state index in [9.17, 15) is 4.79 Å². The molecule has 0 bridgehead atoms. The van der Waals surface area contributed by atoms with E-state index in [1.165, 1.54) is 12.3 Å². The molecule has 1 rings (SSSR count). The monoisotopic (exact) mass is 270 g/mol. The lowest BCUT2D eigenvalue weighted by Gasteiger charge is -2.11. The first kappa shape index (κ1) is 13.8. The summed E-state index contributed by atoms with van der Waals surface area (Å²) in [6, 6.07) is 1.19. The predicted octanol–water partition coefficient (Wildman–Crippen LogP) is 2.92. The van der Waals surface area contributed by atoms with Crippen LogP contribution in [0.1, 0.15) is 30.1 Å². The van der Waals surface area contributed by atoms with Gasteiger partial charge in [0.1, 0.15) is 5.15 Å². The number of hydrogen-bond donors (Lipinski definition) is 1. The number of aromatic nitrogens is 1. The molecule has 0 saturated carbocycles. The van der Waals surface area contributed by atoms with Crippen LogP contribution in [0, 0.1) is 12.3 Å². The van der Waals surface area contributed by atoms with Crippen LogP contribution in [0.3, 0.4) is 0 Å². The van der Waals surface area contributed by atoms with Crippen molar-refractivity contribution in [1.82, 2.24) is 10.3 Å². The summed E-state index contributed by atoms with van der Waals surface area (Å²) in [5.41, 5.74) is 0.343. The summed E-state index contributed by atoms with van der Waals surface area (Å²) in [6.07, 6.45) is 8.31. The molecular weight excluding hydrogens is 259 g/mol. The molecule has 0 aliphatic heterocycles. The van der Waals surface area contributed by atoms with E-state index in [0.717, 1.165) is 12.8 Å². The van der Waals surface area contributed by atoms with E-state index in [4.69, 9.17) is 29.6 Å². The summed E-state index contributed by atoms with van der Waals surface area (Å²) in [7, 11) is 0. The number of terminal acetylenes is 1. The van der Waals surface area contributed by atoms with Crippen LogP contribution in [0.2, 0.25) is 10.2 Å². The van der Waals surface area contributed by atoms with Gasteiger partial charge in [-0.05, 0) is 12.5 Å². The third-order valence-corrected chi connectivity index (χ3v) is 2.83. The Labute approximate surface area is 111 Å². The van der Waals surface area contributed by atoms with Gasteiger partial charge >= 0.3 is 0 Å². The molecule has 1 N–H and O–H groups in total. The largest absolute Gasteiger partial charge is 0.338 e. The Bertz CT molecular complexity index is 454. The Kier molecular flexibility index (Phi) is 5.27. The second-order valence-electron chi connectivity index (χ2n) is 3.48. The molecule has 1 amide bonds. The molecule has 1 aromatic rings. The molecule has 0 aliphatic carbocycles. The summed E-state index contributed by atoms with van der Waals surface area (Å²) in [5, 5.41) is 3.13. The third-order valence-electron chi connectivity index (χ3n) is 2.14. The SMILES string of the molecule is C#CC(CCC)NC(=O)c1cnc(Cl)c(Cl)c1. The number of carbonyl (C=O) groups is 1.